The standard InChI is InChI=1S/C18H20FN3O3/c19-15-4-2-1-3-12(15)7-16(24)22-8-13(10-23)14(9-22)18-20-17(21-25-18)11-5-6-11/h1-4,11,13-14,23H,5-10H2/t13-,14+/m0/s1. The van der Waals surface area contributed by atoms with Crippen molar-refractivity contribution in [2.24, 2.45) is 5.92 Å². The highest BCUT2D eigenvalue weighted by Gasteiger charge is 2.40. The van der Waals surface area contributed by atoms with Gasteiger partial charge in [-0.2, -0.15) is 4.98 Å². The zero-order valence-electron chi connectivity index (χ0n) is 13.8. The van der Waals surface area contributed by atoms with Crippen LogP contribution < -0.4 is 0 Å². The van der Waals surface area contributed by atoms with Crippen LogP contribution in [0.3, 0.4) is 0 Å². The highest BCUT2D eigenvalue weighted by molar-refractivity contribution is 5.79. The second-order valence-electron chi connectivity index (χ2n) is 6.88. The lowest BCUT2D eigenvalue weighted by Gasteiger charge is -2.16. The summed E-state index contributed by atoms with van der Waals surface area (Å²) in [5, 5.41) is 13.7. The first-order valence-electron chi connectivity index (χ1n) is 8.61. The number of halogens is 1. The molecule has 0 spiro atoms. The van der Waals surface area contributed by atoms with Crippen molar-refractivity contribution in [3.05, 3.63) is 47.4 Å². The van der Waals surface area contributed by atoms with Gasteiger partial charge in [-0.15, -0.1) is 0 Å². The van der Waals surface area contributed by atoms with Gasteiger partial charge >= 0.3 is 0 Å². The molecule has 1 aliphatic heterocycles. The summed E-state index contributed by atoms with van der Waals surface area (Å²) in [5.41, 5.74) is 0.380. The molecule has 25 heavy (non-hydrogen) atoms. The van der Waals surface area contributed by atoms with Crippen LogP contribution in [-0.4, -0.2) is 45.8 Å². The van der Waals surface area contributed by atoms with Crippen LogP contribution in [0.4, 0.5) is 4.39 Å². The Balaban J connectivity index is 1.46. The van der Waals surface area contributed by atoms with E-state index in [0.29, 0.717) is 30.5 Å². The molecule has 1 aromatic heterocycles. The molecule has 1 saturated heterocycles. The summed E-state index contributed by atoms with van der Waals surface area (Å²) in [5.74, 6) is 0.756. The van der Waals surface area contributed by atoms with E-state index in [2.05, 4.69) is 10.1 Å². The smallest absolute Gasteiger partial charge is 0.231 e. The minimum absolute atomic E-state index is 0.00863. The summed E-state index contributed by atoms with van der Waals surface area (Å²) in [6.45, 7) is 0.760. The van der Waals surface area contributed by atoms with Gasteiger partial charge in [-0.25, -0.2) is 4.39 Å². The molecule has 1 amide bonds. The van der Waals surface area contributed by atoms with E-state index >= 15 is 0 Å². The number of likely N-dealkylation sites (tertiary alicyclic amines) is 1. The number of amides is 1. The Kier molecular flexibility index (Phi) is 4.25. The number of aliphatic hydroxyl groups is 1. The van der Waals surface area contributed by atoms with Gasteiger partial charge in [0.1, 0.15) is 5.82 Å². The number of aliphatic hydroxyl groups excluding tert-OH is 1. The third-order valence-corrected chi connectivity index (χ3v) is 5.04. The van der Waals surface area contributed by atoms with E-state index in [9.17, 15) is 14.3 Å². The number of hydrogen-bond acceptors (Lipinski definition) is 5. The summed E-state index contributed by atoms with van der Waals surface area (Å²) < 4.78 is 19.1. The van der Waals surface area contributed by atoms with Crippen LogP contribution in [0, 0.1) is 11.7 Å². The van der Waals surface area contributed by atoms with Gasteiger partial charge in [0, 0.05) is 31.5 Å². The average Bonchev–Trinajstić information content (AvgIpc) is 3.19. The maximum Gasteiger partial charge on any atom is 0.231 e. The molecule has 132 valence electrons. The molecule has 4 rings (SSSR count). The van der Waals surface area contributed by atoms with Gasteiger partial charge in [-0.05, 0) is 24.5 Å². The van der Waals surface area contributed by atoms with E-state index in [0.717, 1.165) is 18.7 Å². The van der Waals surface area contributed by atoms with Crippen LogP contribution in [0.5, 0.6) is 0 Å². The number of hydrogen-bond donors (Lipinski definition) is 1. The molecule has 0 radical (unpaired) electrons. The van der Waals surface area contributed by atoms with Gasteiger partial charge in [0.15, 0.2) is 5.82 Å². The van der Waals surface area contributed by atoms with Crippen molar-refractivity contribution in [3.63, 3.8) is 0 Å². The molecule has 1 saturated carbocycles. The lowest BCUT2D eigenvalue weighted by molar-refractivity contribution is -0.129. The molecule has 2 heterocycles. The molecular weight excluding hydrogens is 325 g/mol. The van der Waals surface area contributed by atoms with Crippen LogP contribution in [0.1, 0.15) is 42.0 Å². The Hall–Kier alpha value is -2.28. The van der Waals surface area contributed by atoms with Gasteiger partial charge in [0.05, 0.1) is 12.3 Å². The minimum atomic E-state index is -0.378. The van der Waals surface area contributed by atoms with Crippen molar-refractivity contribution in [1.29, 1.82) is 0 Å². The van der Waals surface area contributed by atoms with Crippen molar-refractivity contribution >= 4 is 5.91 Å². The Morgan fingerprint density at radius 1 is 1.32 bits per heavy atom. The highest BCUT2D eigenvalue weighted by Crippen LogP contribution is 2.39. The van der Waals surface area contributed by atoms with Crippen molar-refractivity contribution < 1.29 is 18.8 Å². The second kappa shape index (κ2) is 6.55. The largest absolute Gasteiger partial charge is 0.396 e. The SMILES string of the molecule is O=C(Cc1ccccc1F)N1C[C@@H](CO)[C@H](c2nc(C3CC3)no2)C1. The maximum atomic E-state index is 13.8. The zero-order valence-corrected chi connectivity index (χ0v) is 13.8. The summed E-state index contributed by atoms with van der Waals surface area (Å²) in [4.78, 5) is 18.6. The zero-order chi connectivity index (χ0) is 17.4. The Bertz CT molecular complexity index is 774. The molecule has 1 aromatic carbocycles. The van der Waals surface area contributed by atoms with Gasteiger partial charge in [0.2, 0.25) is 11.8 Å². The number of carbonyl (C=O) groups excluding carboxylic acids is 1. The molecule has 2 atom stereocenters. The summed E-state index contributed by atoms with van der Waals surface area (Å²) in [6, 6.07) is 6.28. The molecule has 0 unspecified atom stereocenters. The fourth-order valence-corrected chi connectivity index (χ4v) is 3.36. The minimum Gasteiger partial charge on any atom is -0.396 e. The van der Waals surface area contributed by atoms with Crippen molar-refractivity contribution in [3.8, 4) is 0 Å². The normalized spacial score (nSPS) is 23.2. The lowest BCUT2D eigenvalue weighted by atomic mass is 9.97. The Morgan fingerprint density at radius 2 is 2.12 bits per heavy atom. The fourth-order valence-electron chi connectivity index (χ4n) is 3.36. The predicted octanol–water partition coefficient (Wildman–Crippen LogP) is 1.86. The van der Waals surface area contributed by atoms with Gasteiger partial charge in [0.25, 0.3) is 0 Å². The van der Waals surface area contributed by atoms with E-state index in [4.69, 9.17) is 4.52 Å². The predicted molar refractivity (Wildman–Crippen MR) is 86.3 cm³/mol. The summed E-state index contributed by atoms with van der Waals surface area (Å²) in [7, 11) is 0. The molecule has 2 fully saturated rings. The van der Waals surface area contributed by atoms with Crippen LogP contribution in [0.2, 0.25) is 0 Å². The molecule has 0 bridgehead atoms. The number of nitrogens with zero attached hydrogens (tertiary/aromatic N) is 3. The number of benzene rings is 1. The Labute approximate surface area is 144 Å². The fraction of sp³-hybridized carbons (Fsp3) is 0.500. The molecule has 1 aliphatic carbocycles. The molecule has 2 aliphatic rings. The van der Waals surface area contributed by atoms with Crippen molar-refractivity contribution in [1.82, 2.24) is 15.0 Å². The quantitative estimate of drug-likeness (QED) is 0.895. The molecule has 6 nitrogen and oxygen atoms in total. The highest BCUT2D eigenvalue weighted by atomic mass is 19.1. The van der Waals surface area contributed by atoms with E-state index < -0.39 is 0 Å². The first kappa shape index (κ1) is 16.2. The van der Waals surface area contributed by atoms with E-state index in [1.54, 1.807) is 23.1 Å². The first-order valence-corrected chi connectivity index (χ1v) is 8.61. The van der Waals surface area contributed by atoms with Crippen molar-refractivity contribution in [2.75, 3.05) is 19.7 Å². The van der Waals surface area contributed by atoms with Crippen LogP contribution in [-0.2, 0) is 11.2 Å². The Morgan fingerprint density at radius 3 is 2.84 bits per heavy atom. The monoisotopic (exact) mass is 345 g/mol. The topological polar surface area (TPSA) is 79.5 Å². The van der Waals surface area contributed by atoms with Gasteiger partial charge in [-0.3, -0.25) is 4.79 Å². The molecule has 7 heteroatoms. The number of aromatic nitrogens is 2. The number of rotatable bonds is 5. The second-order valence-corrected chi connectivity index (χ2v) is 6.88. The van der Waals surface area contributed by atoms with E-state index in [1.165, 1.54) is 6.07 Å². The first-order chi connectivity index (χ1) is 12.2. The molecule has 2 aromatic rings. The van der Waals surface area contributed by atoms with E-state index in [1.807, 2.05) is 0 Å². The molecule has 1 N–H and O–H groups in total. The maximum absolute atomic E-state index is 13.8. The summed E-state index contributed by atoms with van der Waals surface area (Å²) >= 11 is 0. The van der Waals surface area contributed by atoms with Crippen LogP contribution >= 0.6 is 0 Å². The average molecular weight is 345 g/mol. The number of carbonyl (C=O) groups is 1. The summed E-state index contributed by atoms with van der Waals surface area (Å²) in [6.07, 6.45) is 2.18. The van der Waals surface area contributed by atoms with Crippen LogP contribution in [0.15, 0.2) is 28.8 Å². The van der Waals surface area contributed by atoms with Crippen molar-refractivity contribution in [2.45, 2.75) is 31.1 Å². The lowest BCUT2D eigenvalue weighted by Crippen LogP contribution is -2.30. The third kappa shape index (κ3) is 3.28. The van der Waals surface area contributed by atoms with Crippen LogP contribution in [0.25, 0.3) is 0 Å². The van der Waals surface area contributed by atoms with Gasteiger partial charge in [-0.1, -0.05) is 23.4 Å². The third-order valence-electron chi connectivity index (χ3n) is 5.04. The molecular formula is C18H20FN3O3. The van der Waals surface area contributed by atoms with Gasteiger partial charge < -0.3 is 14.5 Å². The van der Waals surface area contributed by atoms with E-state index in [-0.39, 0.29) is 36.6 Å².